The van der Waals surface area contributed by atoms with E-state index in [2.05, 4.69) is 10.6 Å². The summed E-state index contributed by atoms with van der Waals surface area (Å²) < 4.78 is 103. The van der Waals surface area contributed by atoms with Crippen molar-refractivity contribution >= 4 is 15.7 Å². The van der Waals surface area contributed by atoms with E-state index in [0.29, 0.717) is 5.56 Å². The number of sulfone groups is 1. The summed E-state index contributed by atoms with van der Waals surface area (Å²) in [6.07, 6.45) is -4.70. The number of nitrogens with one attached hydrogen (secondary N) is 2. The standard InChI is InChI=1S/C23H23F6N3O3S/c1-14(2)13-19(21(33)31-12-11-30)32-20(22(24,25)26)17-5-3-15(4-6-17)16-7-9-18(10-8-16)36(34,35)23(27,28)29/h3-10,14,19-20,32H,12-13H2,1-2H3,(H,31,33)/t19-,20-/m0/s1. The Morgan fingerprint density at radius 2 is 1.44 bits per heavy atom. The minimum absolute atomic E-state index is 0.0785. The van der Waals surface area contributed by atoms with E-state index in [1.807, 2.05) is 0 Å². The summed E-state index contributed by atoms with van der Waals surface area (Å²) in [4.78, 5) is 11.4. The lowest BCUT2D eigenvalue weighted by molar-refractivity contribution is -0.161. The van der Waals surface area contributed by atoms with Crippen LogP contribution in [0.5, 0.6) is 0 Å². The van der Waals surface area contributed by atoms with Crippen molar-refractivity contribution in [3.63, 3.8) is 0 Å². The fraction of sp³-hybridized carbons (Fsp3) is 0.391. The Morgan fingerprint density at radius 1 is 0.944 bits per heavy atom. The molecule has 2 aromatic rings. The van der Waals surface area contributed by atoms with E-state index < -0.39 is 44.4 Å². The van der Waals surface area contributed by atoms with Crippen LogP contribution in [0.15, 0.2) is 53.4 Å². The molecule has 2 atom stereocenters. The highest BCUT2D eigenvalue weighted by Gasteiger charge is 2.47. The molecule has 0 aliphatic heterocycles. The maximum Gasteiger partial charge on any atom is 0.501 e. The molecule has 0 saturated carbocycles. The smallest absolute Gasteiger partial charge is 0.342 e. The summed E-state index contributed by atoms with van der Waals surface area (Å²) in [7, 11) is -5.53. The molecule has 0 heterocycles. The molecule has 0 bridgehead atoms. The molecule has 36 heavy (non-hydrogen) atoms. The van der Waals surface area contributed by atoms with Gasteiger partial charge in [-0.3, -0.25) is 10.1 Å². The van der Waals surface area contributed by atoms with Gasteiger partial charge in [0.2, 0.25) is 5.91 Å². The van der Waals surface area contributed by atoms with Crippen LogP contribution in [-0.4, -0.2) is 38.6 Å². The second kappa shape index (κ2) is 11.3. The Morgan fingerprint density at radius 3 is 1.86 bits per heavy atom. The second-order valence-electron chi connectivity index (χ2n) is 8.29. The number of carbonyl (C=O) groups is 1. The van der Waals surface area contributed by atoms with Crippen LogP contribution in [0.2, 0.25) is 0 Å². The highest BCUT2D eigenvalue weighted by molar-refractivity contribution is 7.92. The van der Waals surface area contributed by atoms with Crippen molar-refractivity contribution in [2.75, 3.05) is 6.54 Å². The molecule has 0 aliphatic rings. The number of nitriles is 1. The normalized spacial score (nSPS) is 14.2. The summed E-state index contributed by atoms with van der Waals surface area (Å²) in [5.41, 5.74) is -5.06. The van der Waals surface area contributed by atoms with Crippen LogP contribution in [0, 0.1) is 17.2 Å². The van der Waals surface area contributed by atoms with Gasteiger partial charge in [0.1, 0.15) is 12.6 Å². The van der Waals surface area contributed by atoms with Crippen LogP contribution in [-0.2, 0) is 14.6 Å². The molecule has 0 saturated heterocycles. The van der Waals surface area contributed by atoms with Gasteiger partial charge < -0.3 is 5.32 Å². The van der Waals surface area contributed by atoms with Gasteiger partial charge in [-0.1, -0.05) is 50.2 Å². The van der Waals surface area contributed by atoms with Crippen molar-refractivity contribution in [2.24, 2.45) is 5.92 Å². The molecule has 0 spiro atoms. The van der Waals surface area contributed by atoms with Gasteiger partial charge in [0.05, 0.1) is 17.0 Å². The van der Waals surface area contributed by atoms with Gasteiger partial charge in [0.15, 0.2) is 0 Å². The zero-order valence-electron chi connectivity index (χ0n) is 19.1. The van der Waals surface area contributed by atoms with E-state index in [9.17, 15) is 39.6 Å². The highest BCUT2D eigenvalue weighted by Crippen LogP contribution is 2.35. The fourth-order valence-electron chi connectivity index (χ4n) is 3.38. The monoisotopic (exact) mass is 535 g/mol. The molecule has 0 fully saturated rings. The van der Waals surface area contributed by atoms with Crippen LogP contribution >= 0.6 is 0 Å². The quantitative estimate of drug-likeness (QED) is 0.352. The number of rotatable bonds is 9. The van der Waals surface area contributed by atoms with Gasteiger partial charge in [0.25, 0.3) is 9.84 Å². The summed E-state index contributed by atoms with van der Waals surface area (Å²) in [6.45, 7) is 3.10. The van der Waals surface area contributed by atoms with Gasteiger partial charge in [0, 0.05) is 0 Å². The third kappa shape index (κ3) is 7.20. The minimum atomic E-state index is -5.53. The van der Waals surface area contributed by atoms with Crippen molar-refractivity contribution in [3.8, 4) is 17.2 Å². The van der Waals surface area contributed by atoms with Gasteiger partial charge >= 0.3 is 11.7 Å². The zero-order chi connectivity index (χ0) is 27.3. The molecule has 0 radical (unpaired) electrons. The van der Waals surface area contributed by atoms with E-state index >= 15 is 0 Å². The summed E-state index contributed by atoms with van der Waals surface area (Å²) in [5.74, 6) is -0.874. The molecular formula is C23H23F6N3O3S. The molecular weight excluding hydrogens is 512 g/mol. The van der Waals surface area contributed by atoms with Crippen molar-refractivity contribution in [3.05, 3.63) is 54.1 Å². The van der Waals surface area contributed by atoms with Gasteiger partial charge in [-0.25, -0.2) is 8.42 Å². The Kier molecular flexibility index (Phi) is 9.14. The maximum absolute atomic E-state index is 13.9. The van der Waals surface area contributed by atoms with E-state index in [1.54, 1.807) is 19.9 Å². The van der Waals surface area contributed by atoms with Gasteiger partial charge in [-0.2, -0.15) is 31.6 Å². The highest BCUT2D eigenvalue weighted by atomic mass is 32.2. The molecule has 2 N–H and O–H groups in total. The van der Waals surface area contributed by atoms with Crippen LogP contribution in [0.4, 0.5) is 26.3 Å². The first-order valence-corrected chi connectivity index (χ1v) is 12.1. The Labute approximate surface area is 204 Å². The largest absolute Gasteiger partial charge is 0.501 e. The van der Waals surface area contributed by atoms with E-state index in [-0.39, 0.29) is 30.0 Å². The van der Waals surface area contributed by atoms with Crippen molar-refractivity contribution in [2.45, 2.75) is 48.9 Å². The number of alkyl halides is 6. The number of hydrogen-bond donors (Lipinski definition) is 2. The first kappa shape index (κ1) is 29.1. The van der Waals surface area contributed by atoms with Crippen molar-refractivity contribution < 1.29 is 39.6 Å². The Hall–Kier alpha value is -3.11. The number of benzene rings is 2. The predicted octanol–water partition coefficient (Wildman–Crippen LogP) is 4.89. The van der Waals surface area contributed by atoms with Gasteiger partial charge in [-0.15, -0.1) is 0 Å². The number of hydrogen-bond acceptors (Lipinski definition) is 5. The van der Waals surface area contributed by atoms with Crippen LogP contribution in [0.3, 0.4) is 0 Å². The molecule has 2 rings (SSSR count). The van der Waals surface area contributed by atoms with Crippen molar-refractivity contribution in [1.29, 1.82) is 5.26 Å². The SMILES string of the molecule is CC(C)C[C@H](N[C@@H](c1ccc(-c2ccc(S(=O)(=O)C(F)(F)F)cc2)cc1)C(F)(F)F)C(=O)NCC#N. The molecule has 13 heteroatoms. The van der Waals surface area contributed by atoms with Crippen LogP contribution in [0.1, 0.15) is 31.9 Å². The third-order valence-corrected chi connectivity index (χ3v) is 6.61. The lowest BCUT2D eigenvalue weighted by atomic mass is 9.97. The fourth-order valence-corrected chi connectivity index (χ4v) is 4.14. The molecule has 0 aromatic heterocycles. The third-order valence-electron chi connectivity index (χ3n) is 5.11. The van der Waals surface area contributed by atoms with E-state index in [1.165, 1.54) is 12.1 Å². The number of halogens is 6. The van der Waals surface area contributed by atoms with Crippen LogP contribution in [0.25, 0.3) is 11.1 Å². The first-order chi connectivity index (χ1) is 16.6. The number of carbonyl (C=O) groups excluding carboxylic acids is 1. The summed E-state index contributed by atoms with van der Waals surface area (Å²) in [6, 6.07) is 6.92. The average molecular weight is 536 g/mol. The lowest BCUT2D eigenvalue weighted by Gasteiger charge is -2.28. The van der Waals surface area contributed by atoms with Gasteiger partial charge in [-0.05, 0) is 41.2 Å². The molecule has 6 nitrogen and oxygen atoms in total. The Balaban J connectivity index is 2.32. The summed E-state index contributed by atoms with van der Waals surface area (Å²) >= 11 is 0. The minimum Gasteiger partial charge on any atom is -0.342 e. The summed E-state index contributed by atoms with van der Waals surface area (Å²) in [5, 5.41) is 13.2. The second-order valence-corrected chi connectivity index (χ2v) is 10.2. The first-order valence-electron chi connectivity index (χ1n) is 10.6. The average Bonchev–Trinajstić information content (AvgIpc) is 2.78. The van der Waals surface area contributed by atoms with Crippen molar-refractivity contribution in [1.82, 2.24) is 10.6 Å². The number of amides is 1. The zero-order valence-corrected chi connectivity index (χ0v) is 19.9. The van der Waals surface area contributed by atoms with E-state index in [4.69, 9.17) is 5.26 Å². The predicted molar refractivity (Wildman–Crippen MR) is 119 cm³/mol. The molecule has 0 unspecified atom stereocenters. The van der Waals surface area contributed by atoms with E-state index in [0.717, 1.165) is 36.4 Å². The molecule has 1 amide bonds. The molecule has 2 aromatic carbocycles. The maximum atomic E-state index is 13.9. The Bertz CT molecular complexity index is 1190. The lowest BCUT2D eigenvalue weighted by Crippen LogP contribution is -2.49. The number of nitrogens with zero attached hydrogens (tertiary/aromatic N) is 1. The molecule has 196 valence electrons. The van der Waals surface area contributed by atoms with Crippen LogP contribution < -0.4 is 10.6 Å². The topological polar surface area (TPSA) is 99.1 Å². The molecule has 0 aliphatic carbocycles.